The van der Waals surface area contributed by atoms with E-state index in [2.05, 4.69) is 27.7 Å². The van der Waals surface area contributed by atoms with Gasteiger partial charge in [0.05, 0.1) is 0 Å². The van der Waals surface area contributed by atoms with Crippen molar-refractivity contribution in [2.45, 2.75) is 47.5 Å². The largest absolute Gasteiger partial charge is 0.300 e. The second-order valence-electron chi connectivity index (χ2n) is 5.09. The van der Waals surface area contributed by atoms with Crippen molar-refractivity contribution in [2.75, 3.05) is 0 Å². The van der Waals surface area contributed by atoms with Gasteiger partial charge in [-0.15, -0.1) is 0 Å². The highest BCUT2D eigenvalue weighted by atomic mass is 16.1. The van der Waals surface area contributed by atoms with Crippen LogP contribution in [0.3, 0.4) is 0 Å². The van der Waals surface area contributed by atoms with Crippen LogP contribution in [0.2, 0.25) is 0 Å². The standard InChI is InChI=1S/C12H20O/c1-8-6-11(10(3)13)12(4,5)7-9(8)2/h11H,6-7H2,1-5H3. The summed E-state index contributed by atoms with van der Waals surface area (Å²) in [5.41, 5.74) is 3.05. The maximum Gasteiger partial charge on any atom is 0.133 e. The lowest BCUT2D eigenvalue weighted by Crippen LogP contribution is -2.33. The van der Waals surface area contributed by atoms with Crippen LogP contribution in [-0.2, 0) is 4.79 Å². The first kappa shape index (κ1) is 10.5. The molecule has 13 heavy (non-hydrogen) atoms. The van der Waals surface area contributed by atoms with Crippen LogP contribution in [0.4, 0.5) is 0 Å². The summed E-state index contributed by atoms with van der Waals surface area (Å²) in [7, 11) is 0. The average Bonchev–Trinajstić information content (AvgIpc) is 1.95. The summed E-state index contributed by atoms with van der Waals surface area (Å²) < 4.78 is 0. The molecule has 0 saturated carbocycles. The summed E-state index contributed by atoms with van der Waals surface area (Å²) in [5.74, 6) is 0.577. The third kappa shape index (κ3) is 2.01. The zero-order valence-electron chi connectivity index (χ0n) is 9.40. The molecule has 1 nitrogen and oxygen atoms in total. The van der Waals surface area contributed by atoms with Crippen LogP contribution < -0.4 is 0 Å². The predicted octanol–water partition coefficient (Wildman–Crippen LogP) is 3.35. The Morgan fingerprint density at radius 3 is 2.31 bits per heavy atom. The van der Waals surface area contributed by atoms with E-state index in [9.17, 15) is 4.79 Å². The third-order valence-electron chi connectivity index (χ3n) is 3.39. The Morgan fingerprint density at radius 1 is 1.31 bits per heavy atom. The minimum atomic E-state index is 0.162. The van der Waals surface area contributed by atoms with Gasteiger partial charge in [0.2, 0.25) is 0 Å². The Hall–Kier alpha value is -0.590. The average molecular weight is 180 g/mol. The van der Waals surface area contributed by atoms with Gasteiger partial charge in [-0.3, -0.25) is 4.79 Å². The Labute approximate surface area is 81.2 Å². The first-order chi connectivity index (χ1) is 5.84. The number of carbonyl (C=O) groups excluding carboxylic acids is 1. The summed E-state index contributed by atoms with van der Waals surface area (Å²) in [4.78, 5) is 11.4. The lowest BCUT2D eigenvalue weighted by atomic mass is 9.66. The van der Waals surface area contributed by atoms with Gasteiger partial charge in [-0.1, -0.05) is 25.0 Å². The van der Waals surface area contributed by atoms with E-state index in [1.54, 1.807) is 6.92 Å². The van der Waals surface area contributed by atoms with Crippen LogP contribution >= 0.6 is 0 Å². The van der Waals surface area contributed by atoms with Gasteiger partial charge >= 0.3 is 0 Å². The van der Waals surface area contributed by atoms with Crippen molar-refractivity contribution < 1.29 is 4.79 Å². The molecule has 1 aliphatic carbocycles. The normalized spacial score (nSPS) is 27.6. The molecule has 0 fully saturated rings. The van der Waals surface area contributed by atoms with Crippen molar-refractivity contribution in [3.63, 3.8) is 0 Å². The van der Waals surface area contributed by atoms with E-state index in [0.717, 1.165) is 12.8 Å². The van der Waals surface area contributed by atoms with Crippen molar-refractivity contribution in [3.8, 4) is 0 Å². The molecule has 0 spiro atoms. The van der Waals surface area contributed by atoms with Crippen molar-refractivity contribution in [3.05, 3.63) is 11.1 Å². The molecule has 0 heterocycles. The first-order valence-corrected chi connectivity index (χ1v) is 5.00. The van der Waals surface area contributed by atoms with E-state index in [0.29, 0.717) is 5.78 Å². The molecule has 1 heteroatoms. The molecule has 1 unspecified atom stereocenters. The van der Waals surface area contributed by atoms with Gasteiger partial charge in [-0.05, 0) is 39.0 Å². The fourth-order valence-corrected chi connectivity index (χ4v) is 2.41. The van der Waals surface area contributed by atoms with Crippen LogP contribution in [0.25, 0.3) is 0 Å². The van der Waals surface area contributed by atoms with Gasteiger partial charge in [0, 0.05) is 5.92 Å². The zero-order chi connectivity index (χ0) is 10.2. The number of rotatable bonds is 1. The van der Waals surface area contributed by atoms with Crippen LogP contribution in [0.15, 0.2) is 11.1 Å². The molecule has 0 bridgehead atoms. The Bertz CT molecular complexity index is 258. The Morgan fingerprint density at radius 2 is 1.85 bits per heavy atom. The summed E-state index contributed by atoms with van der Waals surface area (Å²) in [6.07, 6.45) is 2.04. The minimum Gasteiger partial charge on any atom is -0.300 e. The molecule has 0 aromatic carbocycles. The number of carbonyl (C=O) groups is 1. The molecule has 1 atom stereocenters. The van der Waals surface area contributed by atoms with E-state index in [-0.39, 0.29) is 11.3 Å². The van der Waals surface area contributed by atoms with E-state index in [1.807, 2.05) is 0 Å². The number of allylic oxidation sites excluding steroid dienone is 2. The minimum absolute atomic E-state index is 0.162. The highest BCUT2D eigenvalue weighted by Gasteiger charge is 2.36. The third-order valence-corrected chi connectivity index (χ3v) is 3.39. The lowest BCUT2D eigenvalue weighted by Gasteiger charge is -2.38. The molecule has 0 aromatic rings. The number of ketones is 1. The predicted molar refractivity (Wildman–Crippen MR) is 55.6 cm³/mol. The fourth-order valence-electron chi connectivity index (χ4n) is 2.41. The summed E-state index contributed by atoms with van der Waals surface area (Å²) >= 11 is 0. The molecular formula is C12H20O. The van der Waals surface area contributed by atoms with E-state index >= 15 is 0 Å². The van der Waals surface area contributed by atoms with Crippen molar-refractivity contribution >= 4 is 5.78 Å². The smallest absolute Gasteiger partial charge is 0.133 e. The highest BCUT2D eigenvalue weighted by Crippen LogP contribution is 2.43. The molecule has 0 N–H and O–H groups in total. The Balaban J connectivity index is 2.96. The molecule has 1 aliphatic rings. The van der Waals surface area contributed by atoms with Crippen molar-refractivity contribution in [1.82, 2.24) is 0 Å². The van der Waals surface area contributed by atoms with Crippen LogP contribution in [0, 0.1) is 11.3 Å². The number of hydrogen-bond donors (Lipinski definition) is 0. The molecule has 0 radical (unpaired) electrons. The lowest BCUT2D eigenvalue weighted by molar-refractivity contribution is -0.124. The monoisotopic (exact) mass is 180 g/mol. The maximum absolute atomic E-state index is 11.4. The zero-order valence-corrected chi connectivity index (χ0v) is 9.40. The van der Waals surface area contributed by atoms with Crippen LogP contribution in [0.1, 0.15) is 47.5 Å². The number of Topliss-reactive ketones (excluding diaryl/α,β-unsaturated/α-hetero) is 1. The molecule has 0 saturated heterocycles. The van der Waals surface area contributed by atoms with Gasteiger partial charge in [0.1, 0.15) is 5.78 Å². The second-order valence-corrected chi connectivity index (χ2v) is 5.09. The first-order valence-electron chi connectivity index (χ1n) is 5.00. The molecular weight excluding hydrogens is 160 g/mol. The molecule has 0 aromatic heterocycles. The second kappa shape index (κ2) is 3.28. The van der Waals surface area contributed by atoms with Gasteiger partial charge in [-0.25, -0.2) is 0 Å². The molecule has 1 rings (SSSR count). The van der Waals surface area contributed by atoms with Gasteiger partial charge in [0.25, 0.3) is 0 Å². The van der Waals surface area contributed by atoms with Crippen LogP contribution in [-0.4, -0.2) is 5.78 Å². The van der Waals surface area contributed by atoms with Gasteiger partial charge in [-0.2, -0.15) is 0 Å². The summed E-state index contributed by atoms with van der Waals surface area (Å²) in [6, 6.07) is 0. The molecule has 74 valence electrons. The van der Waals surface area contributed by atoms with Gasteiger partial charge < -0.3 is 0 Å². The quantitative estimate of drug-likeness (QED) is 0.565. The van der Waals surface area contributed by atoms with E-state index in [4.69, 9.17) is 0 Å². The summed E-state index contributed by atoms with van der Waals surface area (Å²) in [6.45, 7) is 10.5. The summed E-state index contributed by atoms with van der Waals surface area (Å²) in [5, 5.41) is 0. The highest BCUT2D eigenvalue weighted by molar-refractivity contribution is 5.79. The topological polar surface area (TPSA) is 17.1 Å². The van der Waals surface area contributed by atoms with E-state index in [1.165, 1.54) is 11.1 Å². The maximum atomic E-state index is 11.4. The van der Waals surface area contributed by atoms with Crippen molar-refractivity contribution in [2.24, 2.45) is 11.3 Å². The van der Waals surface area contributed by atoms with Crippen molar-refractivity contribution in [1.29, 1.82) is 0 Å². The van der Waals surface area contributed by atoms with Crippen LogP contribution in [0.5, 0.6) is 0 Å². The molecule has 0 amide bonds. The van der Waals surface area contributed by atoms with E-state index < -0.39 is 0 Å². The molecule has 0 aliphatic heterocycles. The fraction of sp³-hybridized carbons (Fsp3) is 0.750. The van der Waals surface area contributed by atoms with Gasteiger partial charge in [0.15, 0.2) is 0 Å². The SMILES string of the molecule is CC(=O)C1CC(C)=C(C)CC1(C)C. The Kier molecular flexibility index (Phi) is 2.65. The number of hydrogen-bond acceptors (Lipinski definition) is 1.